The largest absolute Gasteiger partial charge is 0.325 e. The van der Waals surface area contributed by atoms with Crippen molar-refractivity contribution in [2.24, 2.45) is 5.92 Å². The molecule has 3 amide bonds. The van der Waals surface area contributed by atoms with Crippen LogP contribution in [-0.4, -0.2) is 27.5 Å². The molecule has 4 aromatic rings. The van der Waals surface area contributed by atoms with E-state index in [1.165, 1.54) is 53.1 Å². The molecule has 0 spiro atoms. The molecule has 2 aliphatic rings. The lowest BCUT2D eigenvalue weighted by Crippen LogP contribution is -2.33. The van der Waals surface area contributed by atoms with Crippen molar-refractivity contribution in [3.8, 4) is 0 Å². The van der Waals surface area contributed by atoms with E-state index < -0.39 is 51.3 Å². The third-order valence-corrected chi connectivity index (χ3v) is 9.87. The molecule has 6 rings (SSSR count). The predicted molar refractivity (Wildman–Crippen MR) is 152 cm³/mol. The summed E-state index contributed by atoms with van der Waals surface area (Å²) >= 11 is 5.49. The Morgan fingerprint density at radius 3 is 2.27 bits per heavy atom. The van der Waals surface area contributed by atoms with Gasteiger partial charge in [0.2, 0.25) is 17.7 Å². The maximum Gasteiger partial charge on any atom is 0.308 e. The summed E-state index contributed by atoms with van der Waals surface area (Å²) in [5.41, 5.74) is 1.37. The van der Waals surface area contributed by atoms with Gasteiger partial charge in [0.25, 0.3) is 0 Å². The summed E-state index contributed by atoms with van der Waals surface area (Å²) < 4.78 is 28.9. The van der Waals surface area contributed by atoms with Gasteiger partial charge < -0.3 is 5.32 Å². The van der Waals surface area contributed by atoms with Crippen molar-refractivity contribution in [3.63, 3.8) is 0 Å². The quantitative estimate of drug-likeness (QED) is 0.296. The smallest absolute Gasteiger partial charge is 0.308 e. The lowest BCUT2D eigenvalue weighted by Gasteiger charge is -2.30. The van der Waals surface area contributed by atoms with Gasteiger partial charge in [-0.25, -0.2) is 13.7 Å². The number of carbonyl (C=O) groups is 3. The Morgan fingerprint density at radius 1 is 0.925 bits per heavy atom. The van der Waals surface area contributed by atoms with Crippen LogP contribution in [0.2, 0.25) is 0 Å². The first-order chi connectivity index (χ1) is 19.2. The zero-order valence-corrected chi connectivity index (χ0v) is 23.6. The Bertz CT molecular complexity index is 1720. The molecular formula is C28H18BrF2N3O4S2. The highest BCUT2D eigenvalue weighted by Crippen LogP contribution is 2.54. The van der Waals surface area contributed by atoms with Crippen LogP contribution in [0.3, 0.4) is 0 Å². The van der Waals surface area contributed by atoms with Crippen molar-refractivity contribution in [2.75, 3.05) is 10.2 Å². The van der Waals surface area contributed by atoms with E-state index in [2.05, 4.69) is 21.2 Å². The number of hydrogen-bond donors (Lipinski definition) is 1. The summed E-state index contributed by atoms with van der Waals surface area (Å²) in [6.07, 6.45) is 0. The molecule has 40 heavy (non-hydrogen) atoms. The van der Waals surface area contributed by atoms with Crippen LogP contribution in [0.4, 0.5) is 20.2 Å². The number of halogens is 3. The predicted octanol–water partition coefficient (Wildman–Crippen LogP) is 5.39. The molecule has 12 heteroatoms. The summed E-state index contributed by atoms with van der Waals surface area (Å²) in [5.74, 6) is -3.80. The van der Waals surface area contributed by atoms with Crippen molar-refractivity contribution in [1.82, 2.24) is 4.57 Å². The van der Waals surface area contributed by atoms with Crippen LogP contribution in [0.25, 0.3) is 0 Å². The molecule has 3 atom stereocenters. The highest BCUT2D eigenvalue weighted by atomic mass is 79.9. The summed E-state index contributed by atoms with van der Waals surface area (Å²) in [6, 6.07) is 17.7. The fraction of sp³-hybridized carbons (Fsp3) is 0.143. The van der Waals surface area contributed by atoms with Crippen LogP contribution in [-0.2, 0) is 20.9 Å². The minimum absolute atomic E-state index is 0.263. The average Bonchev–Trinajstić information content (AvgIpc) is 3.36. The minimum atomic E-state index is -0.866. The third-order valence-electron chi connectivity index (χ3n) is 6.77. The summed E-state index contributed by atoms with van der Waals surface area (Å²) in [5, 5.41) is 2.23. The normalized spacial score (nSPS) is 19.9. The van der Waals surface area contributed by atoms with E-state index in [0.717, 1.165) is 38.0 Å². The van der Waals surface area contributed by atoms with E-state index in [4.69, 9.17) is 0 Å². The number of amides is 3. The van der Waals surface area contributed by atoms with E-state index in [1.807, 2.05) is 24.3 Å². The topological polar surface area (TPSA) is 88.5 Å². The molecule has 202 valence electrons. The van der Waals surface area contributed by atoms with Gasteiger partial charge in [-0.3, -0.25) is 23.7 Å². The number of imide groups is 1. The zero-order chi connectivity index (χ0) is 28.1. The van der Waals surface area contributed by atoms with E-state index >= 15 is 0 Å². The molecule has 1 aromatic heterocycles. The maximum atomic E-state index is 13.8. The molecule has 0 unspecified atom stereocenters. The second kappa shape index (κ2) is 10.4. The molecule has 1 fully saturated rings. The monoisotopic (exact) mass is 641 g/mol. The minimum Gasteiger partial charge on any atom is -0.325 e. The molecule has 0 bridgehead atoms. The summed E-state index contributed by atoms with van der Waals surface area (Å²) in [6.45, 7) is -0.332. The molecule has 3 aromatic carbocycles. The van der Waals surface area contributed by atoms with Gasteiger partial charge in [-0.2, -0.15) is 0 Å². The Hall–Kier alpha value is -3.61. The van der Waals surface area contributed by atoms with Crippen molar-refractivity contribution < 1.29 is 23.2 Å². The zero-order valence-electron chi connectivity index (χ0n) is 20.3. The van der Waals surface area contributed by atoms with Gasteiger partial charge in [0, 0.05) is 21.0 Å². The lowest BCUT2D eigenvalue weighted by molar-refractivity contribution is -0.122. The number of nitrogens with one attached hydrogen (secondary N) is 1. The van der Waals surface area contributed by atoms with E-state index in [-0.39, 0.29) is 12.2 Å². The number of aromatic nitrogens is 1. The number of benzene rings is 3. The lowest BCUT2D eigenvalue weighted by atomic mass is 9.83. The van der Waals surface area contributed by atoms with Crippen LogP contribution in [0.15, 0.2) is 87.1 Å². The van der Waals surface area contributed by atoms with Gasteiger partial charge in [-0.15, -0.1) is 0 Å². The van der Waals surface area contributed by atoms with Crippen molar-refractivity contribution in [1.29, 1.82) is 0 Å². The Morgan fingerprint density at radius 2 is 1.60 bits per heavy atom. The fourth-order valence-corrected chi connectivity index (χ4v) is 8.23. The third kappa shape index (κ3) is 4.69. The number of fused-ring (bicyclic) bond motifs is 2. The molecule has 1 saturated heterocycles. The first kappa shape index (κ1) is 26.6. The number of carbonyl (C=O) groups excluding carboxylic acids is 3. The number of anilines is 2. The van der Waals surface area contributed by atoms with Crippen LogP contribution < -0.4 is 15.1 Å². The first-order valence-electron chi connectivity index (χ1n) is 12.1. The Balaban J connectivity index is 1.41. The first-order valence-corrected chi connectivity index (χ1v) is 14.5. The molecule has 0 radical (unpaired) electrons. The van der Waals surface area contributed by atoms with Crippen LogP contribution in [0.5, 0.6) is 0 Å². The Kier molecular flexibility index (Phi) is 6.93. The van der Waals surface area contributed by atoms with E-state index in [1.54, 1.807) is 0 Å². The van der Waals surface area contributed by atoms with Gasteiger partial charge in [-0.05, 0) is 66.2 Å². The van der Waals surface area contributed by atoms with Gasteiger partial charge in [-0.1, -0.05) is 51.2 Å². The van der Waals surface area contributed by atoms with Crippen molar-refractivity contribution in [2.45, 2.75) is 22.7 Å². The molecule has 0 aliphatic carbocycles. The van der Waals surface area contributed by atoms with Crippen molar-refractivity contribution >= 4 is 68.1 Å². The number of thiazole rings is 1. The van der Waals surface area contributed by atoms with Crippen LogP contribution in [0, 0.1) is 17.6 Å². The number of nitrogens with zero attached hydrogens (tertiary/aromatic N) is 2. The molecule has 0 saturated carbocycles. The van der Waals surface area contributed by atoms with Crippen LogP contribution >= 0.6 is 39.0 Å². The highest BCUT2D eigenvalue weighted by Gasteiger charge is 2.56. The number of hydrogen-bond acceptors (Lipinski definition) is 6. The molecule has 7 nitrogen and oxygen atoms in total. The molecule has 1 N–H and O–H groups in total. The van der Waals surface area contributed by atoms with Crippen molar-refractivity contribution in [3.05, 3.63) is 109 Å². The second-order valence-corrected chi connectivity index (χ2v) is 12.3. The maximum absolute atomic E-state index is 13.8. The fourth-order valence-electron chi connectivity index (χ4n) is 5.04. The SMILES string of the molecule is O=C(Cn1c2c(sc1=O)[C@@H](c1cccc(Br)c1)[C@@H]1C(=O)N(c3ccc(F)cc3)C(=O)[C@@H]1S2)Nc1ccc(F)cc1. The second-order valence-electron chi connectivity index (χ2n) is 9.26. The van der Waals surface area contributed by atoms with Gasteiger partial charge >= 0.3 is 4.87 Å². The van der Waals surface area contributed by atoms with Crippen LogP contribution in [0.1, 0.15) is 16.4 Å². The van der Waals surface area contributed by atoms with E-state index in [9.17, 15) is 28.0 Å². The van der Waals surface area contributed by atoms with E-state index in [0.29, 0.717) is 15.6 Å². The highest BCUT2D eigenvalue weighted by molar-refractivity contribution is 9.10. The standard InChI is InChI=1S/C28H18BrF2N3O4S2/c29-15-3-1-2-14(12-15)21-22-23(26(37)34(25(22)36)19-10-6-17(31)7-11-19)39-27-24(21)40-28(38)33(27)13-20(35)32-18-8-4-16(30)5-9-18/h1-12,21-23H,13H2,(H,32,35)/t21-,22-,23+/m0/s1. The Labute approximate surface area is 242 Å². The number of rotatable bonds is 5. The van der Waals surface area contributed by atoms with Gasteiger partial charge in [0.05, 0.1) is 16.6 Å². The van der Waals surface area contributed by atoms with Gasteiger partial charge in [0.1, 0.15) is 23.4 Å². The molecule has 3 heterocycles. The van der Waals surface area contributed by atoms with Gasteiger partial charge in [0.15, 0.2) is 0 Å². The number of thioether (sulfide) groups is 1. The molecular weight excluding hydrogens is 624 g/mol. The average molecular weight is 643 g/mol. The summed E-state index contributed by atoms with van der Waals surface area (Å²) in [4.78, 5) is 54.8. The summed E-state index contributed by atoms with van der Waals surface area (Å²) in [7, 11) is 0. The molecule has 2 aliphatic heterocycles.